The van der Waals surface area contributed by atoms with E-state index in [9.17, 15) is 4.39 Å². The zero-order chi connectivity index (χ0) is 20.9. The summed E-state index contributed by atoms with van der Waals surface area (Å²) in [5, 5.41) is 4.28. The standard InChI is InChI=1S/C25H23FN4/c1-3-4-5-6-17(2)28-22-12-11-21-23(18-13-15-27-16-14-18)24(30-25(21)29-22)19-7-9-20(26)10-8-19/h3,7-16H,1-2,4-6H2,(H2,28,29,30). The molecule has 0 aliphatic carbocycles. The zero-order valence-corrected chi connectivity index (χ0v) is 16.7. The predicted molar refractivity (Wildman–Crippen MR) is 122 cm³/mol. The fourth-order valence-electron chi connectivity index (χ4n) is 3.50. The molecule has 30 heavy (non-hydrogen) atoms. The van der Waals surface area contributed by atoms with Gasteiger partial charge in [0.05, 0.1) is 5.69 Å². The SMILES string of the molecule is C=CCCCC(=C)Nc1ccc2c(-c3ccncc3)c(-c3ccc(F)cc3)[nH]c2n1. The summed E-state index contributed by atoms with van der Waals surface area (Å²) in [5.41, 5.74) is 5.50. The fourth-order valence-corrected chi connectivity index (χ4v) is 3.50. The molecule has 4 nitrogen and oxygen atoms in total. The number of allylic oxidation sites excluding steroid dienone is 2. The fraction of sp³-hybridized carbons (Fsp3) is 0.120. The number of nitrogens with one attached hydrogen (secondary N) is 2. The second kappa shape index (κ2) is 8.74. The summed E-state index contributed by atoms with van der Waals surface area (Å²) in [4.78, 5) is 12.3. The molecule has 3 aromatic heterocycles. The third-order valence-corrected chi connectivity index (χ3v) is 4.95. The minimum atomic E-state index is -0.264. The van der Waals surface area contributed by atoms with Crippen LogP contribution in [0.5, 0.6) is 0 Å². The first-order valence-corrected chi connectivity index (χ1v) is 9.90. The van der Waals surface area contributed by atoms with Gasteiger partial charge in [0.2, 0.25) is 0 Å². The van der Waals surface area contributed by atoms with Gasteiger partial charge in [0.25, 0.3) is 0 Å². The summed E-state index contributed by atoms with van der Waals surface area (Å²) >= 11 is 0. The highest BCUT2D eigenvalue weighted by Gasteiger charge is 2.16. The maximum absolute atomic E-state index is 13.5. The van der Waals surface area contributed by atoms with Crippen LogP contribution in [0.15, 0.2) is 85.9 Å². The highest BCUT2D eigenvalue weighted by molar-refractivity contribution is 6.02. The molecule has 0 unspecified atom stereocenters. The number of H-pyrrole nitrogens is 1. The van der Waals surface area contributed by atoms with Crippen LogP contribution in [0.1, 0.15) is 19.3 Å². The van der Waals surface area contributed by atoms with Crippen molar-refractivity contribution in [3.05, 3.63) is 91.7 Å². The first kappa shape index (κ1) is 19.6. The van der Waals surface area contributed by atoms with Gasteiger partial charge in [0.1, 0.15) is 17.3 Å². The van der Waals surface area contributed by atoms with Gasteiger partial charge in [-0.2, -0.15) is 0 Å². The summed E-state index contributed by atoms with van der Waals surface area (Å²) in [6, 6.07) is 14.4. The van der Waals surface area contributed by atoms with E-state index in [1.54, 1.807) is 24.5 Å². The quantitative estimate of drug-likeness (QED) is 0.256. The molecule has 150 valence electrons. The summed E-state index contributed by atoms with van der Waals surface area (Å²) in [6.07, 6.45) is 8.26. The van der Waals surface area contributed by atoms with E-state index in [1.807, 2.05) is 30.3 Å². The van der Waals surface area contributed by atoms with Crippen molar-refractivity contribution in [2.75, 3.05) is 5.32 Å². The zero-order valence-electron chi connectivity index (χ0n) is 16.7. The Morgan fingerprint density at radius 2 is 1.80 bits per heavy atom. The molecule has 0 spiro atoms. The lowest BCUT2D eigenvalue weighted by Gasteiger charge is -2.08. The van der Waals surface area contributed by atoms with Gasteiger partial charge in [-0.3, -0.25) is 4.98 Å². The molecule has 0 aliphatic heterocycles. The smallest absolute Gasteiger partial charge is 0.140 e. The van der Waals surface area contributed by atoms with E-state index in [-0.39, 0.29) is 5.82 Å². The number of anilines is 1. The summed E-state index contributed by atoms with van der Waals surface area (Å²) in [7, 11) is 0. The minimum Gasteiger partial charge on any atom is -0.344 e. The maximum atomic E-state index is 13.5. The van der Waals surface area contributed by atoms with Crippen LogP contribution in [-0.2, 0) is 0 Å². The van der Waals surface area contributed by atoms with Crippen molar-refractivity contribution in [2.45, 2.75) is 19.3 Å². The molecule has 2 N–H and O–H groups in total. The second-order valence-electron chi connectivity index (χ2n) is 7.12. The van der Waals surface area contributed by atoms with Gasteiger partial charge < -0.3 is 10.3 Å². The number of unbranched alkanes of at least 4 members (excludes halogenated alkanes) is 1. The number of nitrogens with zero attached hydrogens (tertiary/aromatic N) is 2. The number of rotatable bonds is 8. The Kier molecular flexibility index (Phi) is 5.70. The van der Waals surface area contributed by atoms with Crippen molar-refractivity contribution in [2.24, 2.45) is 0 Å². The molecule has 0 amide bonds. The number of pyridine rings is 2. The van der Waals surface area contributed by atoms with Crippen molar-refractivity contribution >= 4 is 16.9 Å². The van der Waals surface area contributed by atoms with Crippen molar-refractivity contribution in [1.82, 2.24) is 15.0 Å². The van der Waals surface area contributed by atoms with E-state index in [1.165, 1.54) is 12.1 Å². The average Bonchev–Trinajstić information content (AvgIpc) is 3.14. The van der Waals surface area contributed by atoms with Crippen LogP contribution in [0, 0.1) is 5.82 Å². The molecule has 1 aromatic carbocycles. The van der Waals surface area contributed by atoms with Crippen molar-refractivity contribution in [3.63, 3.8) is 0 Å². The lowest BCUT2D eigenvalue weighted by Crippen LogP contribution is -2.00. The normalized spacial score (nSPS) is 10.8. The van der Waals surface area contributed by atoms with Crippen LogP contribution >= 0.6 is 0 Å². The van der Waals surface area contributed by atoms with Gasteiger partial charge in [-0.25, -0.2) is 9.37 Å². The second-order valence-corrected chi connectivity index (χ2v) is 7.12. The summed E-state index contributed by atoms with van der Waals surface area (Å²) in [5.74, 6) is 0.471. The monoisotopic (exact) mass is 398 g/mol. The molecule has 4 aromatic rings. The van der Waals surface area contributed by atoms with Crippen LogP contribution in [0.25, 0.3) is 33.4 Å². The molecule has 3 heterocycles. The Hall–Kier alpha value is -3.73. The lowest BCUT2D eigenvalue weighted by atomic mass is 10.00. The van der Waals surface area contributed by atoms with Gasteiger partial charge in [-0.15, -0.1) is 6.58 Å². The topological polar surface area (TPSA) is 53.6 Å². The average molecular weight is 398 g/mol. The number of halogens is 1. The Morgan fingerprint density at radius 1 is 1.03 bits per heavy atom. The van der Waals surface area contributed by atoms with Crippen LogP contribution in [0.3, 0.4) is 0 Å². The highest BCUT2D eigenvalue weighted by Crippen LogP contribution is 2.38. The summed E-state index contributed by atoms with van der Waals surface area (Å²) in [6.45, 7) is 7.84. The van der Waals surface area contributed by atoms with E-state index in [0.29, 0.717) is 0 Å². The van der Waals surface area contributed by atoms with E-state index in [4.69, 9.17) is 4.98 Å². The van der Waals surface area contributed by atoms with Crippen LogP contribution < -0.4 is 5.32 Å². The number of benzene rings is 1. The predicted octanol–water partition coefficient (Wildman–Crippen LogP) is 6.71. The molecule has 0 saturated heterocycles. The Bertz CT molecular complexity index is 1180. The maximum Gasteiger partial charge on any atom is 0.140 e. The van der Waals surface area contributed by atoms with Crippen LogP contribution in [-0.4, -0.2) is 15.0 Å². The van der Waals surface area contributed by atoms with E-state index >= 15 is 0 Å². The van der Waals surface area contributed by atoms with Gasteiger partial charge >= 0.3 is 0 Å². The first-order chi connectivity index (χ1) is 14.7. The third-order valence-electron chi connectivity index (χ3n) is 4.95. The van der Waals surface area contributed by atoms with Gasteiger partial charge in [0.15, 0.2) is 0 Å². The molecule has 0 saturated carbocycles. The van der Waals surface area contributed by atoms with E-state index in [2.05, 4.69) is 28.4 Å². The van der Waals surface area contributed by atoms with E-state index < -0.39 is 0 Å². The van der Waals surface area contributed by atoms with Gasteiger partial charge in [-0.1, -0.05) is 12.7 Å². The summed E-state index contributed by atoms with van der Waals surface area (Å²) < 4.78 is 13.5. The molecule has 0 bridgehead atoms. The number of fused-ring (bicyclic) bond motifs is 1. The molecule has 0 radical (unpaired) electrons. The van der Waals surface area contributed by atoms with Gasteiger partial charge in [-0.05, 0) is 78.9 Å². The molecule has 0 fully saturated rings. The molecule has 5 heteroatoms. The molecular weight excluding hydrogens is 375 g/mol. The number of aromatic amines is 1. The van der Waals surface area contributed by atoms with Crippen LogP contribution in [0.4, 0.5) is 10.2 Å². The molecular formula is C25H23FN4. The van der Waals surface area contributed by atoms with Crippen molar-refractivity contribution in [1.29, 1.82) is 0 Å². The van der Waals surface area contributed by atoms with Crippen LogP contribution in [0.2, 0.25) is 0 Å². The number of hydrogen-bond donors (Lipinski definition) is 2. The largest absolute Gasteiger partial charge is 0.344 e. The molecule has 0 aliphatic rings. The molecule has 0 atom stereocenters. The molecule has 4 rings (SSSR count). The van der Waals surface area contributed by atoms with Gasteiger partial charge in [0, 0.05) is 29.0 Å². The first-order valence-electron chi connectivity index (χ1n) is 9.90. The number of aromatic nitrogens is 3. The highest BCUT2D eigenvalue weighted by atomic mass is 19.1. The third kappa shape index (κ3) is 4.15. The Morgan fingerprint density at radius 3 is 2.53 bits per heavy atom. The minimum absolute atomic E-state index is 0.264. The number of hydrogen-bond acceptors (Lipinski definition) is 3. The van der Waals surface area contributed by atoms with E-state index in [0.717, 1.165) is 64.2 Å². The van der Waals surface area contributed by atoms with Crippen molar-refractivity contribution < 1.29 is 4.39 Å². The Balaban J connectivity index is 1.75. The Labute approximate surface area is 175 Å². The van der Waals surface area contributed by atoms with Crippen molar-refractivity contribution in [3.8, 4) is 22.4 Å². The lowest BCUT2D eigenvalue weighted by molar-refractivity contribution is 0.628.